The van der Waals surface area contributed by atoms with E-state index in [0.29, 0.717) is 17.5 Å². The van der Waals surface area contributed by atoms with E-state index < -0.39 is 0 Å². The molecule has 7 nitrogen and oxygen atoms in total. The highest BCUT2D eigenvalue weighted by Gasteiger charge is 2.59. The van der Waals surface area contributed by atoms with Crippen LogP contribution in [-0.2, 0) is 0 Å². The Hall–Kier alpha value is -2.70. The number of nitrogens with one attached hydrogen (secondary N) is 2. The van der Waals surface area contributed by atoms with E-state index in [9.17, 15) is 9.59 Å². The van der Waals surface area contributed by atoms with Crippen molar-refractivity contribution in [1.82, 2.24) is 20.8 Å². The van der Waals surface area contributed by atoms with Gasteiger partial charge >= 0.3 is 0 Å². The second-order valence-corrected chi connectivity index (χ2v) is 8.52. The van der Waals surface area contributed by atoms with Crippen molar-refractivity contribution in [1.29, 1.82) is 0 Å². The monoisotopic (exact) mass is 366 g/mol. The average molecular weight is 366 g/mol. The lowest BCUT2D eigenvalue weighted by Gasteiger charge is -2.62. The lowest BCUT2D eigenvalue weighted by molar-refractivity contribution is -0.0452. The first kappa shape index (κ1) is 16.5. The molecule has 0 aromatic carbocycles. The zero-order chi connectivity index (χ0) is 18.5. The van der Waals surface area contributed by atoms with Crippen LogP contribution in [0.15, 0.2) is 41.2 Å². The molecule has 0 radical (unpaired) electrons. The Morgan fingerprint density at radius 2 is 1.67 bits per heavy atom. The zero-order valence-corrected chi connectivity index (χ0v) is 15.0. The molecule has 2 atom stereocenters. The third kappa shape index (κ3) is 2.91. The highest BCUT2D eigenvalue weighted by atomic mass is 16.5. The van der Waals surface area contributed by atoms with Crippen LogP contribution in [0.2, 0.25) is 0 Å². The van der Waals surface area contributed by atoms with Crippen LogP contribution >= 0.6 is 0 Å². The van der Waals surface area contributed by atoms with Crippen LogP contribution in [-0.4, -0.2) is 33.0 Å². The molecule has 2 N–H and O–H groups in total. The summed E-state index contributed by atoms with van der Waals surface area (Å²) < 4.78 is 5.02. The van der Waals surface area contributed by atoms with Gasteiger partial charge in [0.2, 0.25) is 5.76 Å². The van der Waals surface area contributed by atoms with Crippen molar-refractivity contribution in [3.05, 3.63) is 48.1 Å². The molecule has 2 aromatic heterocycles. The standard InChI is InChI=1S/C20H22N4O3/c25-17(15-3-1-2-5-21-15)23-19-8-13-7-14(9-19)11-20(10-13,12-19)24-18(26)16-4-6-22-27-16/h1-6,13-14H,7-12H2,(H,23,25)(H,24,26). The lowest BCUT2D eigenvalue weighted by atomic mass is 9.49. The zero-order valence-electron chi connectivity index (χ0n) is 15.0. The third-order valence-corrected chi connectivity index (χ3v) is 6.38. The van der Waals surface area contributed by atoms with Gasteiger partial charge in [-0.05, 0) is 62.5 Å². The highest BCUT2D eigenvalue weighted by molar-refractivity contribution is 5.93. The maximum absolute atomic E-state index is 12.8. The van der Waals surface area contributed by atoms with E-state index in [-0.39, 0.29) is 28.7 Å². The second kappa shape index (κ2) is 5.90. The van der Waals surface area contributed by atoms with Crippen molar-refractivity contribution >= 4 is 11.8 Å². The van der Waals surface area contributed by atoms with Crippen LogP contribution in [0, 0.1) is 11.8 Å². The third-order valence-electron chi connectivity index (χ3n) is 6.38. The Bertz CT molecular complexity index is 851. The van der Waals surface area contributed by atoms with E-state index in [1.165, 1.54) is 12.6 Å². The number of hydrogen-bond donors (Lipinski definition) is 2. The predicted molar refractivity (Wildman–Crippen MR) is 95.8 cm³/mol. The Balaban J connectivity index is 1.38. The fourth-order valence-corrected chi connectivity index (χ4v) is 5.99. The van der Waals surface area contributed by atoms with E-state index in [0.717, 1.165) is 32.1 Å². The van der Waals surface area contributed by atoms with Crippen molar-refractivity contribution < 1.29 is 14.1 Å². The van der Waals surface area contributed by atoms with Gasteiger partial charge in [0.15, 0.2) is 0 Å². The number of pyridine rings is 1. The number of aromatic nitrogens is 2. The van der Waals surface area contributed by atoms with Gasteiger partial charge in [-0.15, -0.1) is 0 Å². The van der Waals surface area contributed by atoms with Crippen LogP contribution in [0.25, 0.3) is 0 Å². The first-order valence-electron chi connectivity index (χ1n) is 9.52. The molecule has 4 bridgehead atoms. The maximum Gasteiger partial charge on any atom is 0.290 e. The molecule has 6 rings (SSSR count). The number of rotatable bonds is 4. The fourth-order valence-electron chi connectivity index (χ4n) is 5.99. The van der Waals surface area contributed by atoms with Gasteiger partial charge in [-0.25, -0.2) is 0 Å². The molecule has 140 valence electrons. The molecule has 4 aliphatic carbocycles. The Morgan fingerprint density at radius 3 is 2.26 bits per heavy atom. The Labute approximate surface area is 156 Å². The molecule has 2 aromatic rings. The van der Waals surface area contributed by atoms with Crippen LogP contribution in [0.4, 0.5) is 0 Å². The summed E-state index contributed by atoms with van der Waals surface area (Å²) in [5, 5.41) is 10.1. The van der Waals surface area contributed by atoms with Gasteiger partial charge in [0.05, 0.1) is 6.20 Å². The minimum atomic E-state index is -0.286. The largest absolute Gasteiger partial charge is 0.351 e. The molecule has 0 aliphatic heterocycles. The summed E-state index contributed by atoms with van der Waals surface area (Å²) in [5.41, 5.74) is -0.119. The van der Waals surface area contributed by atoms with Crippen molar-refractivity contribution in [3.8, 4) is 0 Å². The molecule has 27 heavy (non-hydrogen) atoms. The minimum absolute atomic E-state index is 0.130. The summed E-state index contributed by atoms with van der Waals surface area (Å²) in [4.78, 5) is 29.5. The van der Waals surface area contributed by atoms with Crippen LogP contribution in [0.5, 0.6) is 0 Å². The molecular formula is C20H22N4O3. The summed E-state index contributed by atoms with van der Waals surface area (Å²) in [6.07, 6.45) is 8.92. The van der Waals surface area contributed by atoms with E-state index in [4.69, 9.17) is 4.52 Å². The van der Waals surface area contributed by atoms with Crippen molar-refractivity contribution in [3.63, 3.8) is 0 Å². The van der Waals surface area contributed by atoms with Gasteiger partial charge in [0, 0.05) is 23.3 Å². The number of carbonyl (C=O) groups is 2. The first-order valence-corrected chi connectivity index (χ1v) is 9.52. The lowest BCUT2D eigenvalue weighted by Crippen LogP contribution is -2.69. The fraction of sp³-hybridized carbons (Fsp3) is 0.500. The molecule has 2 unspecified atom stereocenters. The number of amides is 2. The van der Waals surface area contributed by atoms with E-state index in [1.807, 2.05) is 6.07 Å². The van der Waals surface area contributed by atoms with E-state index in [1.54, 1.807) is 24.4 Å². The van der Waals surface area contributed by atoms with Gasteiger partial charge in [-0.2, -0.15) is 0 Å². The summed E-state index contributed by atoms with van der Waals surface area (Å²) in [5.74, 6) is 0.919. The predicted octanol–water partition coefficient (Wildman–Crippen LogP) is 2.32. The van der Waals surface area contributed by atoms with Crippen molar-refractivity contribution in [2.24, 2.45) is 11.8 Å². The first-order chi connectivity index (χ1) is 13.0. The molecular weight excluding hydrogens is 344 g/mol. The molecule has 0 spiro atoms. The number of nitrogens with zero attached hydrogens (tertiary/aromatic N) is 2. The minimum Gasteiger partial charge on any atom is -0.351 e. The summed E-state index contributed by atoms with van der Waals surface area (Å²) in [6.45, 7) is 0. The van der Waals surface area contributed by atoms with Crippen LogP contribution in [0.3, 0.4) is 0 Å². The Kier molecular flexibility index (Phi) is 3.60. The molecule has 4 aliphatic rings. The Morgan fingerprint density at radius 1 is 0.963 bits per heavy atom. The SMILES string of the molecule is O=C(NC12CC3CC(C1)CC(NC(=O)c1ccno1)(C3)C2)c1ccccn1. The number of carbonyl (C=O) groups excluding carboxylic acids is 2. The molecule has 7 heteroatoms. The molecule has 2 amide bonds. The van der Waals surface area contributed by atoms with Gasteiger partial charge in [0.1, 0.15) is 5.69 Å². The van der Waals surface area contributed by atoms with Gasteiger partial charge in [0.25, 0.3) is 11.8 Å². The highest BCUT2D eigenvalue weighted by Crippen LogP contribution is 2.57. The van der Waals surface area contributed by atoms with Crippen molar-refractivity contribution in [2.75, 3.05) is 0 Å². The normalized spacial score (nSPS) is 33.6. The summed E-state index contributed by atoms with van der Waals surface area (Å²) in [7, 11) is 0. The molecule has 0 saturated heterocycles. The van der Waals surface area contributed by atoms with Gasteiger partial charge in [-0.1, -0.05) is 11.2 Å². The van der Waals surface area contributed by atoms with Crippen LogP contribution in [0.1, 0.15) is 59.6 Å². The maximum atomic E-state index is 12.8. The molecule has 4 saturated carbocycles. The van der Waals surface area contributed by atoms with E-state index >= 15 is 0 Å². The number of hydrogen-bond acceptors (Lipinski definition) is 5. The smallest absolute Gasteiger partial charge is 0.290 e. The second-order valence-electron chi connectivity index (χ2n) is 8.52. The van der Waals surface area contributed by atoms with E-state index in [2.05, 4.69) is 20.8 Å². The quantitative estimate of drug-likeness (QED) is 0.865. The molecule has 4 fully saturated rings. The summed E-state index contributed by atoms with van der Waals surface area (Å²) in [6, 6.07) is 6.93. The van der Waals surface area contributed by atoms with Gasteiger partial charge < -0.3 is 15.2 Å². The average Bonchev–Trinajstić information content (AvgIpc) is 3.15. The van der Waals surface area contributed by atoms with Crippen molar-refractivity contribution in [2.45, 2.75) is 49.6 Å². The topological polar surface area (TPSA) is 97.1 Å². The molecule has 2 heterocycles. The van der Waals surface area contributed by atoms with Gasteiger partial charge in [-0.3, -0.25) is 14.6 Å². The van der Waals surface area contributed by atoms with Crippen LogP contribution < -0.4 is 10.6 Å². The summed E-state index contributed by atoms with van der Waals surface area (Å²) >= 11 is 0.